The molecule has 0 atom stereocenters. The zero-order valence-corrected chi connectivity index (χ0v) is 24.9. The van der Waals surface area contributed by atoms with Gasteiger partial charge >= 0.3 is 0 Å². The number of hydrogen-bond acceptors (Lipinski definition) is 6. The summed E-state index contributed by atoms with van der Waals surface area (Å²) in [6, 6.07) is 22.5. The van der Waals surface area contributed by atoms with E-state index in [9.17, 15) is 14.3 Å². The van der Waals surface area contributed by atoms with Gasteiger partial charge in [0.05, 0.1) is 26.2 Å². The molecule has 1 aliphatic rings. The molecule has 0 aromatic heterocycles. The highest BCUT2D eigenvalue weighted by Crippen LogP contribution is 2.45. The molecule has 1 fully saturated rings. The molecular formula is C34H43FN2O5. The third kappa shape index (κ3) is 8.16. The summed E-state index contributed by atoms with van der Waals surface area (Å²) in [6.45, 7) is 3.21. The number of piperidine rings is 1. The number of likely N-dealkylation sites (tertiary alicyclic amines) is 1. The van der Waals surface area contributed by atoms with Crippen LogP contribution in [0.25, 0.3) is 0 Å². The fraction of sp³-hybridized carbons (Fsp3) is 0.441. The van der Waals surface area contributed by atoms with E-state index in [1.807, 2.05) is 12.1 Å². The number of carbonyl (C=O) groups excluding carboxylic acids is 1. The Labute approximate surface area is 248 Å². The summed E-state index contributed by atoms with van der Waals surface area (Å²) in [5.41, 5.74) is 3.87. The molecule has 1 heterocycles. The molecule has 1 amide bonds. The zero-order valence-electron chi connectivity index (χ0n) is 24.9. The van der Waals surface area contributed by atoms with Gasteiger partial charge in [-0.05, 0) is 74.3 Å². The second-order valence-electron chi connectivity index (χ2n) is 11.0. The van der Waals surface area contributed by atoms with Gasteiger partial charge in [0.25, 0.3) is 0 Å². The first-order valence-corrected chi connectivity index (χ1v) is 14.6. The molecule has 0 spiro atoms. The maximum absolute atomic E-state index is 13.4. The summed E-state index contributed by atoms with van der Waals surface area (Å²) < 4.78 is 29.9. The molecule has 0 unspecified atom stereocenters. The number of benzene rings is 3. The number of amides is 1. The van der Waals surface area contributed by atoms with E-state index in [0.29, 0.717) is 25.3 Å². The molecule has 0 bridgehead atoms. The number of ether oxygens (including phenoxy) is 3. The lowest BCUT2D eigenvalue weighted by molar-refractivity contribution is -0.147. The van der Waals surface area contributed by atoms with Crippen LogP contribution in [-0.2, 0) is 37.4 Å². The topological polar surface area (TPSA) is 71.5 Å². The monoisotopic (exact) mass is 578 g/mol. The van der Waals surface area contributed by atoms with Crippen molar-refractivity contribution in [2.45, 2.75) is 43.9 Å². The Bertz CT molecular complexity index is 1260. The first kappa shape index (κ1) is 31.6. The van der Waals surface area contributed by atoms with Crippen molar-refractivity contribution in [3.05, 3.63) is 101 Å². The Balaban J connectivity index is 1.36. The molecule has 42 heavy (non-hydrogen) atoms. The van der Waals surface area contributed by atoms with Crippen molar-refractivity contribution < 1.29 is 28.5 Å². The molecule has 226 valence electrons. The van der Waals surface area contributed by atoms with Crippen LogP contribution in [0.15, 0.2) is 72.8 Å². The molecule has 3 aromatic rings. The zero-order chi connectivity index (χ0) is 30.0. The van der Waals surface area contributed by atoms with Crippen LogP contribution in [-0.4, -0.2) is 81.2 Å². The van der Waals surface area contributed by atoms with Gasteiger partial charge in [0, 0.05) is 31.7 Å². The van der Waals surface area contributed by atoms with E-state index in [4.69, 9.17) is 14.2 Å². The second kappa shape index (κ2) is 15.3. The van der Waals surface area contributed by atoms with Crippen molar-refractivity contribution in [1.82, 2.24) is 9.80 Å². The minimum Gasteiger partial charge on any atom is -0.508 e. The maximum atomic E-state index is 13.4. The molecule has 1 aliphatic heterocycles. The van der Waals surface area contributed by atoms with Crippen molar-refractivity contribution in [3.63, 3.8) is 0 Å². The number of aromatic hydroxyl groups is 1. The lowest BCUT2D eigenvalue weighted by Gasteiger charge is -2.42. The highest BCUT2D eigenvalue weighted by molar-refractivity contribution is 5.76. The lowest BCUT2D eigenvalue weighted by Crippen LogP contribution is -2.41. The number of phenolic OH excluding ortho intramolecular Hbond substituents is 1. The summed E-state index contributed by atoms with van der Waals surface area (Å²) >= 11 is 0. The van der Waals surface area contributed by atoms with Gasteiger partial charge in [0.2, 0.25) is 5.91 Å². The first-order chi connectivity index (χ1) is 20.3. The molecule has 1 N–H and O–H groups in total. The minimum absolute atomic E-state index is 0.0996. The maximum Gasteiger partial charge on any atom is 0.225 e. The van der Waals surface area contributed by atoms with Crippen molar-refractivity contribution in [1.29, 1.82) is 0 Å². The average molecular weight is 579 g/mol. The Morgan fingerprint density at radius 3 is 2.31 bits per heavy atom. The summed E-state index contributed by atoms with van der Waals surface area (Å²) in [7, 11) is 5.20. The van der Waals surface area contributed by atoms with Gasteiger partial charge in [0.15, 0.2) is 6.29 Å². The first-order valence-electron chi connectivity index (χ1n) is 14.6. The number of rotatable bonds is 14. The van der Waals surface area contributed by atoms with Crippen LogP contribution in [0, 0.1) is 5.82 Å². The van der Waals surface area contributed by atoms with Gasteiger partial charge in [0.1, 0.15) is 11.6 Å². The average Bonchev–Trinajstić information content (AvgIpc) is 3.01. The molecule has 0 saturated carbocycles. The van der Waals surface area contributed by atoms with E-state index in [0.717, 1.165) is 42.6 Å². The number of carbonyl (C=O) groups is 1. The normalized spacial score (nSPS) is 15.2. The molecule has 3 aromatic carbocycles. The van der Waals surface area contributed by atoms with Gasteiger partial charge in [-0.2, -0.15) is 0 Å². The van der Waals surface area contributed by atoms with Crippen LogP contribution in [0.1, 0.15) is 41.5 Å². The van der Waals surface area contributed by atoms with E-state index in [2.05, 4.69) is 42.3 Å². The molecule has 1 saturated heterocycles. The van der Waals surface area contributed by atoms with E-state index >= 15 is 0 Å². The van der Waals surface area contributed by atoms with Crippen molar-refractivity contribution >= 4 is 5.91 Å². The standard InChI is InChI=1S/C34H43FN2O5/c1-36-19-17-34(18-20-36,28-7-5-4-6-8-28)30-23-26(11-14-31(30)38)15-21-42-22-16-32(39)37(25-33(40-2)41-3)24-27-9-12-29(35)13-10-27/h4-14,23,33,38H,15-22,24-25H2,1-3H3. The molecule has 8 heteroatoms. The van der Waals surface area contributed by atoms with Crippen LogP contribution < -0.4 is 0 Å². The van der Waals surface area contributed by atoms with Crippen molar-refractivity contribution in [2.75, 3.05) is 54.1 Å². The number of halogens is 1. The van der Waals surface area contributed by atoms with Gasteiger partial charge in [-0.15, -0.1) is 0 Å². The Hall–Kier alpha value is -3.30. The quantitative estimate of drug-likeness (QED) is 0.211. The van der Waals surface area contributed by atoms with E-state index in [-0.39, 0.29) is 36.7 Å². The fourth-order valence-corrected chi connectivity index (χ4v) is 5.69. The van der Waals surface area contributed by atoms with E-state index in [1.54, 1.807) is 23.1 Å². The number of phenols is 1. The molecular weight excluding hydrogens is 535 g/mol. The molecule has 0 aliphatic carbocycles. The number of methoxy groups -OCH3 is 2. The summed E-state index contributed by atoms with van der Waals surface area (Å²) in [6.07, 6.45) is 2.17. The Morgan fingerprint density at radius 2 is 1.64 bits per heavy atom. The van der Waals surface area contributed by atoms with Gasteiger partial charge in [-0.1, -0.05) is 54.6 Å². The van der Waals surface area contributed by atoms with E-state index < -0.39 is 6.29 Å². The van der Waals surface area contributed by atoms with Crippen LogP contribution in [0.5, 0.6) is 5.75 Å². The predicted octanol–water partition coefficient (Wildman–Crippen LogP) is 5.14. The van der Waals surface area contributed by atoms with Gasteiger partial charge in [-0.25, -0.2) is 4.39 Å². The molecule has 7 nitrogen and oxygen atoms in total. The largest absolute Gasteiger partial charge is 0.508 e. The lowest BCUT2D eigenvalue weighted by atomic mass is 9.67. The summed E-state index contributed by atoms with van der Waals surface area (Å²) in [4.78, 5) is 17.1. The minimum atomic E-state index is -0.567. The predicted molar refractivity (Wildman–Crippen MR) is 161 cm³/mol. The molecule has 4 rings (SSSR count). The van der Waals surface area contributed by atoms with Crippen molar-refractivity contribution in [3.8, 4) is 5.75 Å². The van der Waals surface area contributed by atoms with Crippen LogP contribution in [0.3, 0.4) is 0 Å². The van der Waals surface area contributed by atoms with E-state index in [1.165, 1.54) is 31.9 Å². The van der Waals surface area contributed by atoms with Crippen LogP contribution >= 0.6 is 0 Å². The summed E-state index contributed by atoms with van der Waals surface area (Å²) in [5, 5.41) is 11.0. The van der Waals surface area contributed by atoms with Crippen molar-refractivity contribution in [2.24, 2.45) is 0 Å². The highest BCUT2D eigenvalue weighted by atomic mass is 19.1. The number of nitrogens with zero attached hydrogens (tertiary/aromatic N) is 2. The van der Waals surface area contributed by atoms with Crippen LogP contribution in [0.2, 0.25) is 0 Å². The summed E-state index contributed by atoms with van der Waals surface area (Å²) in [5.74, 6) is -0.0956. The highest BCUT2D eigenvalue weighted by Gasteiger charge is 2.39. The molecule has 0 radical (unpaired) electrons. The van der Waals surface area contributed by atoms with Gasteiger partial charge < -0.3 is 29.1 Å². The third-order valence-corrected chi connectivity index (χ3v) is 8.27. The Morgan fingerprint density at radius 1 is 0.976 bits per heavy atom. The smallest absolute Gasteiger partial charge is 0.225 e. The van der Waals surface area contributed by atoms with Gasteiger partial charge in [-0.3, -0.25) is 4.79 Å². The second-order valence-corrected chi connectivity index (χ2v) is 11.0. The van der Waals surface area contributed by atoms with Crippen LogP contribution in [0.4, 0.5) is 4.39 Å². The number of hydrogen-bond donors (Lipinski definition) is 1. The fourth-order valence-electron chi connectivity index (χ4n) is 5.69. The Kier molecular flexibility index (Phi) is 11.5. The SMILES string of the molecule is COC(CN(Cc1ccc(F)cc1)C(=O)CCOCCc1ccc(O)c(C2(c3ccccc3)CCN(C)CC2)c1)OC. The third-order valence-electron chi connectivity index (χ3n) is 8.27.